The number of ether oxygens (including phenoxy) is 1. The molecule has 2 aromatic rings. The Morgan fingerprint density at radius 2 is 1.97 bits per heavy atom. The molecule has 1 unspecified atom stereocenters. The van der Waals surface area contributed by atoms with Gasteiger partial charge in [-0.05, 0) is 61.9 Å². The second-order valence-electron chi connectivity index (χ2n) is 9.75. The molecular weight excluding hydrogens is 390 g/mol. The Morgan fingerprint density at radius 1 is 1.23 bits per heavy atom. The molecule has 0 saturated carbocycles. The number of nitrogens with two attached hydrogens (primary N) is 1. The van der Waals surface area contributed by atoms with Crippen molar-refractivity contribution in [3.63, 3.8) is 0 Å². The van der Waals surface area contributed by atoms with Crippen LogP contribution in [0.2, 0.25) is 0 Å². The van der Waals surface area contributed by atoms with Gasteiger partial charge in [-0.25, -0.2) is 4.79 Å². The first-order valence-corrected chi connectivity index (χ1v) is 11.0. The van der Waals surface area contributed by atoms with Crippen molar-refractivity contribution in [1.82, 2.24) is 4.90 Å². The number of anilines is 1. The van der Waals surface area contributed by atoms with E-state index in [0.717, 1.165) is 23.2 Å². The summed E-state index contributed by atoms with van der Waals surface area (Å²) in [6.07, 6.45) is -0.504. The van der Waals surface area contributed by atoms with E-state index in [1.165, 1.54) is 22.3 Å². The van der Waals surface area contributed by atoms with Crippen LogP contribution < -0.4 is 11.1 Å². The Labute approximate surface area is 184 Å². The van der Waals surface area contributed by atoms with Crippen LogP contribution in [0.25, 0.3) is 11.1 Å². The average Bonchev–Trinajstić information content (AvgIpc) is 2.99. The van der Waals surface area contributed by atoms with E-state index in [9.17, 15) is 9.90 Å². The van der Waals surface area contributed by atoms with Crippen molar-refractivity contribution in [3.8, 4) is 11.1 Å². The molecule has 0 spiro atoms. The molecule has 2 aliphatic heterocycles. The predicted molar refractivity (Wildman–Crippen MR) is 123 cm³/mol. The highest BCUT2D eigenvalue weighted by molar-refractivity contribution is 5.82. The van der Waals surface area contributed by atoms with Gasteiger partial charge in [0.2, 0.25) is 0 Å². The van der Waals surface area contributed by atoms with Crippen molar-refractivity contribution in [2.75, 3.05) is 11.9 Å². The lowest BCUT2D eigenvalue weighted by atomic mass is 9.84. The molecule has 6 nitrogen and oxygen atoms in total. The molecule has 0 aromatic heterocycles. The molecule has 4 rings (SSSR count). The van der Waals surface area contributed by atoms with E-state index in [4.69, 9.17) is 10.5 Å². The number of rotatable bonds is 2. The fraction of sp³-hybridized carbons (Fsp3) is 0.480. The largest absolute Gasteiger partial charge is 0.444 e. The van der Waals surface area contributed by atoms with Crippen LogP contribution in [0.15, 0.2) is 30.3 Å². The second-order valence-corrected chi connectivity index (χ2v) is 9.75. The molecule has 4 N–H and O–H groups in total. The van der Waals surface area contributed by atoms with E-state index < -0.39 is 11.8 Å². The highest BCUT2D eigenvalue weighted by Crippen LogP contribution is 2.46. The van der Waals surface area contributed by atoms with Crippen molar-refractivity contribution >= 4 is 11.8 Å². The van der Waals surface area contributed by atoms with Crippen molar-refractivity contribution in [3.05, 3.63) is 52.6 Å². The number of hydrogen-bond acceptors (Lipinski definition) is 5. The van der Waals surface area contributed by atoms with Crippen LogP contribution in [-0.2, 0) is 17.7 Å². The normalized spacial score (nSPS) is 21.2. The highest BCUT2D eigenvalue weighted by Gasteiger charge is 2.33. The monoisotopic (exact) mass is 423 g/mol. The molecule has 6 heteroatoms. The number of hydrogen-bond donors (Lipinski definition) is 3. The van der Waals surface area contributed by atoms with Gasteiger partial charge in [0.05, 0.1) is 0 Å². The van der Waals surface area contributed by atoms with Crippen molar-refractivity contribution < 1.29 is 14.6 Å². The number of fused-ring (bicyclic) bond motifs is 2. The quantitative estimate of drug-likeness (QED) is 0.619. The fourth-order valence-corrected chi connectivity index (χ4v) is 4.70. The topological polar surface area (TPSA) is 87.8 Å². The zero-order valence-corrected chi connectivity index (χ0v) is 19.0. The Kier molecular flexibility index (Phi) is 5.48. The van der Waals surface area contributed by atoms with Crippen molar-refractivity contribution in [2.45, 2.75) is 71.4 Å². The number of amides is 1. The zero-order valence-electron chi connectivity index (χ0n) is 19.0. The second kappa shape index (κ2) is 7.84. The molecule has 166 valence electrons. The summed E-state index contributed by atoms with van der Waals surface area (Å²) in [6.45, 7) is 11.2. The smallest absolute Gasteiger partial charge is 0.410 e. The van der Waals surface area contributed by atoms with Crippen LogP contribution >= 0.6 is 0 Å². The summed E-state index contributed by atoms with van der Waals surface area (Å²) < 4.78 is 5.57. The molecule has 3 atom stereocenters. The van der Waals surface area contributed by atoms with Crippen molar-refractivity contribution in [2.24, 2.45) is 5.73 Å². The lowest BCUT2D eigenvalue weighted by Gasteiger charge is -2.32. The first-order chi connectivity index (χ1) is 14.6. The first kappa shape index (κ1) is 21.7. The number of aliphatic hydroxyl groups excluding tert-OH is 1. The molecule has 0 bridgehead atoms. The SMILES string of the molecule is C[C@@H]1c2c(-c3cccc4c3CCN(C(=O)OC(C)(C)C)C4)ccc(C(N)O)c2N[C@@H]1C. The number of aliphatic hydroxyl groups is 1. The van der Waals surface area contributed by atoms with Gasteiger partial charge in [-0.2, -0.15) is 0 Å². The molecule has 0 fully saturated rings. The minimum absolute atomic E-state index is 0.260. The molecule has 2 aromatic carbocycles. The van der Waals surface area contributed by atoms with Gasteiger partial charge in [0.1, 0.15) is 11.8 Å². The predicted octanol–water partition coefficient (Wildman–Crippen LogP) is 4.51. The Morgan fingerprint density at radius 3 is 2.65 bits per heavy atom. The standard InChI is InChI=1S/C25H33N3O3/c1-14-15(2)27-22-20(23(26)29)10-9-19(21(14)22)18-8-6-7-16-13-28(12-11-17(16)18)24(30)31-25(3,4)5/h6-10,14-15,23,27,29H,11-13,26H2,1-5H3/t14-,15+,23?/m0/s1. The van der Waals surface area contributed by atoms with Gasteiger partial charge in [-0.1, -0.05) is 37.3 Å². The maximum absolute atomic E-state index is 12.6. The number of carbonyl (C=O) groups is 1. The average molecular weight is 424 g/mol. The third-order valence-electron chi connectivity index (χ3n) is 6.38. The molecule has 1 amide bonds. The molecule has 2 heterocycles. The van der Waals surface area contributed by atoms with Gasteiger partial charge >= 0.3 is 6.09 Å². The summed E-state index contributed by atoms with van der Waals surface area (Å²) in [5.41, 5.74) is 13.0. The van der Waals surface area contributed by atoms with Gasteiger partial charge in [0, 0.05) is 36.3 Å². The summed E-state index contributed by atoms with van der Waals surface area (Å²) in [7, 11) is 0. The van der Waals surface area contributed by atoms with Crippen LogP contribution in [0.4, 0.5) is 10.5 Å². The number of carbonyl (C=O) groups excluding carboxylic acids is 1. The third-order valence-corrected chi connectivity index (χ3v) is 6.38. The summed E-state index contributed by atoms with van der Waals surface area (Å²) >= 11 is 0. The minimum atomic E-state index is -1.01. The maximum atomic E-state index is 12.6. The molecular formula is C25H33N3O3. The van der Waals surface area contributed by atoms with Gasteiger partial charge < -0.3 is 25.8 Å². The van der Waals surface area contributed by atoms with Crippen molar-refractivity contribution in [1.29, 1.82) is 0 Å². The molecule has 0 saturated heterocycles. The van der Waals surface area contributed by atoms with Crippen LogP contribution in [0.5, 0.6) is 0 Å². The van der Waals surface area contributed by atoms with Gasteiger partial charge in [0.25, 0.3) is 0 Å². The lowest BCUT2D eigenvalue weighted by molar-refractivity contribution is 0.0224. The zero-order chi connectivity index (χ0) is 22.5. The molecule has 0 aliphatic carbocycles. The number of nitrogens with zero attached hydrogens (tertiary/aromatic N) is 1. The van der Waals surface area contributed by atoms with E-state index >= 15 is 0 Å². The van der Waals surface area contributed by atoms with Crippen LogP contribution in [0.1, 0.15) is 69.0 Å². The van der Waals surface area contributed by atoms with E-state index in [1.54, 1.807) is 4.90 Å². The molecule has 0 radical (unpaired) electrons. The lowest BCUT2D eigenvalue weighted by Crippen LogP contribution is -2.40. The fourth-order valence-electron chi connectivity index (χ4n) is 4.70. The van der Waals surface area contributed by atoms with Gasteiger partial charge in [0.15, 0.2) is 0 Å². The summed E-state index contributed by atoms with van der Waals surface area (Å²) in [5, 5.41) is 13.6. The summed E-state index contributed by atoms with van der Waals surface area (Å²) in [5.74, 6) is 0.293. The van der Waals surface area contributed by atoms with E-state index in [2.05, 4.69) is 43.4 Å². The maximum Gasteiger partial charge on any atom is 0.410 e. The minimum Gasteiger partial charge on any atom is -0.444 e. The third kappa shape index (κ3) is 4.02. The van der Waals surface area contributed by atoms with Crippen LogP contribution in [0.3, 0.4) is 0 Å². The van der Waals surface area contributed by atoms with Crippen LogP contribution in [0, 0.1) is 0 Å². The Hall–Kier alpha value is -2.57. The van der Waals surface area contributed by atoms with E-state index in [-0.39, 0.29) is 12.1 Å². The summed E-state index contributed by atoms with van der Waals surface area (Å²) in [4.78, 5) is 14.4. The molecule has 2 aliphatic rings. The van der Waals surface area contributed by atoms with E-state index in [1.807, 2.05) is 26.8 Å². The van der Waals surface area contributed by atoms with Gasteiger partial charge in [-0.3, -0.25) is 0 Å². The Balaban J connectivity index is 1.73. The number of nitrogens with one attached hydrogen (secondary N) is 1. The van der Waals surface area contributed by atoms with E-state index in [0.29, 0.717) is 19.0 Å². The van der Waals surface area contributed by atoms with Gasteiger partial charge in [-0.15, -0.1) is 0 Å². The Bertz CT molecular complexity index is 1010. The van der Waals surface area contributed by atoms with Crippen LogP contribution in [-0.4, -0.2) is 34.3 Å². The highest BCUT2D eigenvalue weighted by atomic mass is 16.6. The first-order valence-electron chi connectivity index (χ1n) is 11.0. The number of benzene rings is 2. The summed E-state index contributed by atoms with van der Waals surface area (Å²) in [6, 6.07) is 10.6. The molecule has 31 heavy (non-hydrogen) atoms.